The van der Waals surface area contributed by atoms with E-state index in [1.807, 2.05) is 47.4 Å². The highest BCUT2D eigenvalue weighted by Crippen LogP contribution is 2.31. The summed E-state index contributed by atoms with van der Waals surface area (Å²) in [5.41, 5.74) is 7.39. The minimum absolute atomic E-state index is 0. The molecule has 0 spiro atoms. The summed E-state index contributed by atoms with van der Waals surface area (Å²) < 4.78 is 1.87. The molecule has 1 aliphatic rings. The highest BCUT2D eigenvalue weighted by Gasteiger charge is 2.13. The Labute approximate surface area is 192 Å². The third kappa shape index (κ3) is 3.57. The van der Waals surface area contributed by atoms with Crippen molar-refractivity contribution in [2.24, 2.45) is 0 Å². The molecule has 0 saturated carbocycles. The molecule has 3 aromatic heterocycles. The van der Waals surface area contributed by atoms with Crippen molar-refractivity contribution in [3.8, 4) is 22.3 Å². The summed E-state index contributed by atoms with van der Waals surface area (Å²) in [5, 5.41) is 9.10. The Balaban J connectivity index is 0.00000216. The average molecular weight is 442 g/mol. The van der Waals surface area contributed by atoms with Crippen LogP contribution in [0.15, 0.2) is 79.4 Å². The van der Waals surface area contributed by atoms with Crippen LogP contribution in [0.5, 0.6) is 0 Å². The summed E-state index contributed by atoms with van der Waals surface area (Å²) in [6.07, 6.45) is 7.72. The van der Waals surface area contributed by atoms with E-state index in [2.05, 4.69) is 56.8 Å². The molecule has 7 heteroatoms. The Kier molecular flexibility index (Phi) is 5.47. The number of hydrogen-bond donors (Lipinski definition) is 1. The first-order valence-corrected chi connectivity index (χ1v) is 10.6. The Bertz CT molecular complexity index is 1370. The van der Waals surface area contributed by atoms with Crippen LogP contribution < -0.4 is 22.6 Å². The van der Waals surface area contributed by atoms with Gasteiger partial charge in [-0.25, -0.2) is 9.50 Å². The average Bonchev–Trinajstić information content (AvgIpc) is 3.27. The fourth-order valence-corrected chi connectivity index (χ4v) is 4.33. The number of benzene rings is 2. The van der Waals surface area contributed by atoms with Crippen molar-refractivity contribution in [1.82, 2.24) is 24.9 Å². The van der Waals surface area contributed by atoms with Crippen molar-refractivity contribution >= 4 is 22.2 Å². The number of anilines is 1. The van der Waals surface area contributed by atoms with Crippen LogP contribution in [0.4, 0.5) is 5.69 Å². The number of aromatic nitrogens is 4. The van der Waals surface area contributed by atoms with Gasteiger partial charge in [-0.05, 0) is 35.4 Å². The van der Waals surface area contributed by atoms with E-state index in [-0.39, 0.29) is 12.4 Å². The van der Waals surface area contributed by atoms with E-state index in [0.29, 0.717) is 0 Å². The molecule has 1 aliphatic heterocycles. The molecule has 0 amide bonds. The molecule has 160 valence electrons. The second-order valence-electron chi connectivity index (χ2n) is 7.83. The number of piperazine rings is 1. The molecule has 5 aromatic rings. The van der Waals surface area contributed by atoms with Gasteiger partial charge in [-0.15, -0.1) is 0 Å². The van der Waals surface area contributed by atoms with Gasteiger partial charge < -0.3 is 22.6 Å². The van der Waals surface area contributed by atoms with Gasteiger partial charge in [0.25, 0.3) is 0 Å². The zero-order valence-electron chi connectivity index (χ0n) is 17.4. The van der Waals surface area contributed by atoms with E-state index in [0.717, 1.165) is 65.0 Å². The van der Waals surface area contributed by atoms with Gasteiger partial charge in [0.1, 0.15) is 0 Å². The number of hydrogen-bond acceptors (Lipinski definition) is 5. The zero-order chi connectivity index (χ0) is 20.6. The van der Waals surface area contributed by atoms with Crippen LogP contribution in [0, 0.1) is 0 Å². The predicted octanol–water partition coefficient (Wildman–Crippen LogP) is 1.03. The van der Waals surface area contributed by atoms with Crippen LogP contribution in [0.2, 0.25) is 0 Å². The van der Waals surface area contributed by atoms with Crippen LogP contribution in [0.1, 0.15) is 0 Å². The lowest BCUT2D eigenvalue weighted by Crippen LogP contribution is -3.00. The maximum Gasteiger partial charge on any atom is 0.162 e. The van der Waals surface area contributed by atoms with Crippen LogP contribution in [0.25, 0.3) is 38.8 Å². The number of halogens is 1. The number of fused-ring (bicyclic) bond motifs is 2. The summed E-state index contributed by atoms with van der Waals surface area (Å²) in [4.78, 5) is 11.7. The summed E-state index contributed by atoms with van der Waals surface area (Å²) in [7, 11) is 0. The normalized spacial score (nSPS) is 13.9. The second kappa shape index (κ2) is 8.57. The highest BCUT2D eigenvalue weighted by molar-refractivity contribution is 5.97. The van der Waals surface area contributed by atoms with Gasteiger partial charge in [-0.1, -0.05) is 30.3 Å². The van der Waals surface area contributed by atoms with Gasteiger partial charge in [0.05, 0.1) is 11.7 Å². The lowest BCUT2D eigenvalue weighted by Gasteiger charge is -2.29. The smallest absolute Gasteiger partial charge is 0.162 e. The first-order chi connectivity index (χ1) is 15.4. The third-order valence-corrected chi connectivity index (χ3v) is 5.98. The van der Waals surface area contributed by atoms with Crippen LogP contribution in [-0.4, -0.2) is 45.8 Å². The summed E-state index contributed by atoms with van der Waals surface area (Å²) in [6, 6.07) is 18.9. The van der Waals surface area contributed by atoms with Gasteiger partial charge in [0.15, 0.2) is 5.65 Å². The SMILES string of the molecule is [Cl-].c1ccc2c(-c3cnn4cc(-c5ccc(N6CCNCC6)cc5)cnc34)ccnc2c1. The highest BCUT2D eigenvalue weighted by atomic mass is 35.5. The van der Waals surface area contributed by atoms with Crippen molar-refractivity contribution in [3.63, 3.8) is 0 Å². The number of para-hydroxylation sites is 1. The molecule has 0 unspecified atom stereocenters. The molecule has 6 nitrogen and oxygen atoms in total. The third-order valence-electron chi connectivity index (χ3n) is 5.98. The quantitative estimate of drug-likeness (QED) is 0.453. The standard InChI is InChI=1S/C25H22N6.ClH/c1-2-4-24-22(3-1)21(9-10-27-24)23-16-29-31-17-19(15-28-25(23)31)18-5-7-20(8-6-18)30-13-11-26-12-14-30;/h1-10,15-17,26H,11-14H2;1H/p-1. The van der Waals surface area contributed by atoms with Crippen LogP contribution in [-0.2, 0) is 0 Å². The van der Waals surface area contributed by atoms with Gasteiger partial charge in [-0.2, -0.15) is 5.10 Å². The summed E-state index contributed by atoms with van der Waals surface area (Å²) >= 11 is 0. The fourth-order valence-electron chi connectivity index (χ4n) is 4.33. The van der Waals surface area contributed by atoms with Crippen molar-refractivity contribution in [2.45, 2.75) is 0 Å². The lowest BCUT2D eigenvalue weighted by molar-refractivity contribution is -0.00000616. The molecule has 2 aromatic carbocycles. The first-order valence-electron chi connectivity index (χ1n) is 10.6. The topological polar surface area (TPSA) is 58.4 Å². The molecular weight excluding hydrogens is 420 g/mol. The molecular formula is C25H22ClN6-. The van der Waals surface area contributed by atoms with Gasteiger partial charge >= 0.3 is 0 Å². The maximum absolute atomic E-state index is 4.77. The molecule has 0 atom stereocenters. The predicted molar refractivity (Wildman–Crippen MR) is 124 cm³/mol. The minimum Gasteiger partial charge on any atom is -1.00 e. The van der Waals surface area contributed by atoms with Crippen molar-refractivity contribution in [1.29, 1.82) is 0 Å². The Morgan fingerprint density at radius 1 is 0.781 bits per heavy atom. The van der Waals surface area contributed by atoms with E-state index < -0.39 is 0 Å². The lowest BCUT2D eigenvalue weighted by atomic mass is 10.0. The molecule has 0 radical (unpaired) electrons. The molecule has 6 rings (SSSR count). The Morgan fingerprint density at radius 3 is 2.44 bits per heavy atom. The Morgan fingerprint density at radius 2 is 1.59 bits per heavy atom. The van der Waals surface area contributed by atoms with Crippen molar-refractivity contribution in [2.75, 3.05) is 31.1 Å². The van der Waals surface area contributed by atoms with E-state index in [4.69, 9.17) is 4.98 Å². The molecule has 1 fully saturated rings. The number of nitrogens with one attached hydrogen (secondary N) is 1. The monoisotopic (exact) mass is 441 g/mol. The summed E-state index contributed by atoms with van der Waals surface area (Å²) in [6.45, 7) is 4.17. The first kappa shape index (κ1) is 20.4. The molecule has 32 heavy (non-hydrogen) atoms. The van der Waals surface area contributed by atoms with Crippen molar-refractivity contribution in [3.05, 3.63) is 79.4 Å². The second-order valence-corrected chi connectivity index (χ2v) is 7.83. The van der Waals surface area contributed by atoms with Crippen LogP contribution >= 0.6 is 0 Å². The number of nitrogens with zero attached hydrogens (tertiary/aromatic N) is 5. The van der Waals surface area contributed by atoms with E-state index in [1.165, 1.54) is 5.69 Å². The van der Waals surface area contributed by atoms with E-state index in [1.54, 1.807) is 0 Å². The molecule has 1 N–H and O–H groups in total. The van der Waals surface area contributed by atoms with Gasteiger partial charge in [-0.3, -0.25) is 4.98 Å². The fraction of sp³-hybridized carbons (Fsp3) is 0.160. The van der Waals surface area contributed by atoms with Gasteiger partial charge in [0.2, 0.25) is 0 Å². The summed E-state index contributed by atoms with van der Waals surface area (Å²) in [5.74, 6) is 0. The molecule has 0 bridgehead atoms. The largest absolute Gasteiger partial charge is 1.00 e. The number of rotatable bonds is 3. The number of pyridine rings is 1. The van der Waals surface area contributed by atoms with Crippen LogP contribution in [0.3, 0.4) is 0 Å². The maximum atomic E-state index is 4.77. The van der Waals surface area contributed by atoms with Crippen molar-refractivity contribution < 1.29 is 12.4 Å². The molecule has 4 heterocycles. The zero-order valence-corrected chi connectivity index (χ0v) is 18.2. The minimum atomic E-state index is 0. The van der Waals surface area contributed by atoms with E-state index >= 15 is 0 Å². The molecule has 0 aliphatic carbocycles. The molecule has 1 saturated heterocycles. The van der Waals surface area contributed by atoms with E-state index in [9.17, 15) is 0 Å². The Hall–Kier alpha value is -3.48. The van der Waals surface area contributed by atoms with Gasteiger partial charge in [0, 0.05) is 67.0 Å².